The summed E-state index contributed by atoms with van der Waals surface area (Å²) in [5.74, 6) is 0.625. The Morgan fingerprint density at radius 2 is 2.05 bits per heavy atom. The third-order valence-electron chi connectivity index (χ3n) is 3.11. The van der Waals surface area contributed by atoms with Crippen molar-refractivity contribution in [1.29, 1.82) is 0 Å². The minimum absolute atomic E-state index is 0.212. The van der Waals surface area contributed by atoms with Crippen LogP contribution in [0.5, 0.6) is 0 Å². The predicted molar refractivity (Wildman–Crippen MR) is 72.1 cm³/mol. The van der Waals surface area contributed by atoms with Crippen molar-refractivity contribution in [2.45, 2.75) is 38.8 Å². The first-order valence-corrected chi connectivity index (χ1v) is 6.41. The van der Waals surface area contributed by atoms with Crippen LogP contribution in [0.25, 0.3) is 0 Å². The van der Waals surface area contributed by atoms with Crippen molar-refractivity contribution >= 4 is 0 Å². The van der Waals surface area contributed by atoms with Crippen LogP contribution in [0.2, 0.25) is 0 Å². The molecule has 1 atom stereocenters. The molecule has 102 valence electrons. The fourth-order valence-electron chi connectivity index (χ4n) is 2.19. The summed E-state index contributed by atoms with van der Waals surface area (Å²) in [5, 5.41) is 4.12. The average molecular weight is 262 g/mol. The lowest BCUT2D eigenvalue weighted by Gasteiger charge is -2.24. The van der Waals surface area contributed by atoms with Crippen LogP contribution in [0.1, 0.15) is 25.2 Å². The number of aromatic nitrogens is 3. The van der Waals surface area contributed by atoms with E-state index >= 15 is 0 Å². The lowest BCUT2D eigenvalue weighted by atomic mass is 9.90. The smallest absolute Gasteiger partial charge is 0.138 e. The van der Waals surface area contributed by atoms with E-state index in [0.29, 0.717) is 18.4 Å². The molecular weight excluding hydrogens is 243 g/mol. The molecule has 0 aliphatic rings. The molecule has 0 fully saturated rings. The van der Waals surface area contributed by atoms with E-state index in [2.05, 4.69) is 10.1 Å². The second-order valence-electron chi connectivity index (χ2n) is 5.09. The molecule has 0 saturated carbocycles. The van der Waals surface area contributed by atoms with E-state index in [1.165, 1.54) is 12.4 Å². The number of nitrogens with two attached hydrogens (primary N) is 1. The topological polar surface area (TPSA) is 56.7 Å². The first-order valence-electron chi connectivity index (χ1n) is 6.41. The molecule has 2 aromatic rings. The largest absolute Gasteiger partial charge is 0.325 e. The summed E-state index contributed by atoms with van der Waals surface area (Å²) in [5.41, 5.74) is 6.37. The highest BCUT2D eigenvalue weighted by molar-refractivity contribution is 5.20. The highest BCUT2D eigenvalue weighted by Crippen LogP contribution is 2.17. The summed E-state index contributed by atoms with van der Waals surface area (Å²) >= 11 is 0. The lowest BCUT2D eigenvalue weighted by molar-refractivity contribution is 0.428. The summed E-state index contributed by atoms with van der Waals surface area (Å²) in [7, 11) is 0. The Labute approximate surface area is 112 Å². The maximum atomic E-state index is 13.7. The van der Waals surface area contributed by atoms with Crippen LogP contribution in [0.15, 0.2) is 30.6 Å². The van der Waals surface area contributed by atoms with Crippen LogP contribution in [-0.2, 0) is 19.4 Å². The summed E-state index contributed by atoms with van der Waals surface area (Å²) in [6, 6.07) is 6.73. The van der Waals surface area contributed by atoms with E-state index in [9.17, 15) is 4.39 Å². The van der Waals surface area contributed by atoms with Gasteiger partial charge in [0, 0.05) is 18.5 Å². The molecule has 0 bridgehead atoms. The van der Waals surface area contributed by atoms with E-state index in [1.54, 1.807) is 12.1 Å². The summed E-state index contributed by atoms with van der Waals surface area (Å²) in [6.45, 7) is 4.67. The molecule has 0 amide bonds. The van der Waals surface area contributed by atoms with Crippen molar-refractivity contribution in [1.82, 2.24) is 14.8 Å². The highest BCUT2D eigenvalue weighted by Gasteiger charge is 2.23. The van der Waals surface area contributed by atoms with Gasteiger partial charge in [0.05, 0.1) is 0 Å². The van der Waals surface area contributed by atoms with E-state index in [1.807, 2.05) is 24.6 Å². The van der Waals surface area contributed by atoms with E-state index in [0.717, 1.165) is 12.4 Å². The van der Waals surface area contributed by atoms with Crippen LogP contribution in [0, 0.1) is 5.82 Å². The van der Waals surface area contributed by atoms with Gasteiger partial charge in [-0.15, -0.1) is 0 Å². The minimum Gasteiger partial charge on any atom is -0.325 e. The molecule has 0 saturated heterocycles. The zero-order valence-corrected chi connectivity index (χ0v) is 11.3. The normalized spacial score (nSPS) is 14.3. The van der Waals surface area contributed by atoms with Crippen molar-refractivity contribution in [2.24, 2.45) is 5.73 Å². The Hall–Kier alpha value is -1.75. The number of hydrogen-bond donors (Lipinski definition) is 1. The zero-order valence-electron chi connectivity index (χ0n) is 11.3. The van der Waals surface area contributed by atoms with Gasteiger partial charge in [-0.1, -0.05) is 18.2 Å². The maximum absolute atomic E-state index is 13.7. The Morgan fingerprint density at radius 3 is 2.74 bits per heavy atom. The molecule has 0 aliphatic carbocycles. The van der Waals surface area contributed by atoms with Gasteiger partial charge in [-0.05, 0) is 31.9 Å². The molecule has 4 nitrogen and oxygen atoms in total. The predicted octanol–water partition coefficient (Wildman–Crippen LogP) is 1.94. The van der Waals surface area contributed by atoms with Gasteiger partial charge in [-0.2, -0.15) is 5.10 Å². The monoisotopic (exact) mass is 262 g/mol. The molecule has 0 spiro atoms. The first kappa shape index (κ1) is 13.7. The van der Waals surface area contributed by atoms with Gasteiger partial charge in [0.1, 0.15) is 18.0 Å². The van der Waals surface area contributed by atoms with Crippen LogP contribution in [-0.4, -0.2) is 20.3 Å². The van der Waals surface area contributed by atoms with E-state index in [4.69, 9.17) is 5.73 Å². The quantitative estimate of drug-likeness (QED) is 0.896. The van der Waals surface area contributed by atoms with Gasteiger partial charge in [0.2, 0.25) is 0 Å². The number of nitrogens with zero attached hydrogens (tertiary/aromatic N) is 3. The second kappa shape index (κ2) is 5.48. The fraction of sp³-hybridized carbons (Fsp3) is 0.429. The van der Waals surface area contributed by atoms with Crippen LogP contribution in [0.4, 0.5) is 4.39 Å². The number of halogens is 1. The molecule has 2 rings (SSSR count). The van der Waals surface area contributed by atoms with Crippen molar-refractivity contribution in [3.8, 4) is 0 Å². The van der Waals surface area contributed by atoms with Gasteiger partial charge < -0.3 is 5.73 Å². The SMILES string of the molecule is CCn1ncnc1CC(C)(N)Cc1ccccc1F. The molecule has 19 heavy (non-hydrogen) atoms. The molecule has 2 N–H and O–H groups in total. The molecule has 0 aliphatic heterocycles. The Balaban J connectivity index is 2.13. The van der Waals surface area contributed by atoms with Crippen molar-refractivity contribution in [3.63, 3.8) is 0 Å². The first-order chi connectivity index (χ1) is 9.02. The summed E-state index contributed by atoms with van der Waals surface area (Å²) < 4.78 is 15.5. The number of hydrogen-bond acceptors (Lipinski definition) is 3. The minimum atomic E-state index is -0.553. The second-order valence-corrected chi connectivity index (χ2v) is 5.09. The van der Waals surface area contributed by atoms with E-state index in [-0.39, 0.29) is 5.82 Å². The Morgan fingerprint density at radius 1 is 1.32 bits per heavy atom. The maximum Gasteiger partial charge on any atom is 0.138 e. The van der Waals surface area contributed by atoms with Crippen LogP contribution in [0.3, 0.4) is 0 Å². The van der Waals surface area contributed by atoms with Crippen molar-refractivity contribution < 1.29 is 4.39 Å². The third-order valence-corrected chi connectivity index (χ3v) is 3.11. The van der Waals surface area contributed by atoms with Gasteiger partial charge in [0.15, 0.2) is 0 Å². The van der Waals surface area contributed by atoms with Gasteiger partial charge in [-0.25, -0.2) is 9.37 Å². The number of benzene rings is 1. The van der Waals surface area contributed by atoms with Crippen LogP contribution >= 0.6 is 0 Å². The zero-order chi connectivity index (χ0) is 13.9. The molecular formula is C14H19FN4. The third kappa shape index (κ3) is 3.38. The van der Waals surface area contributed by atoms with Crippen molar-refractivity contribution in [3.05, 3.63) is 47.8 Å². The van der Waals surface area contributed by atoms with E-state index < -0.39 is 5.54 Å². The number of aryl methyl sites for hydroxylation is 1. The lowest BCUT2D eigenvalue weighted by Crippen LogP contribution is -2.42. The molecule has 0 radical (unpaired) electrons. The Bertz CT molecular complexity index is 548. The summed E-state index contributed by atoms with van der Waals surface area (Å²) in [6.07, 6.45) is 2.56. The fourth-order valence-corrected chi connectivity index (χ4v) is 2.19. The van der Waals surface area contributed by atoms with Gasteiger partial charge >= 0.3 is 0 Å². The summed E-state index contributed by atoms with van der Waals surface area (Å²) in [4.78, 5) is 4.21. The molecule has 1 aromatic carbocycles. The number of rotatable bonds is 5. The van der Waals surface area contributed by atoms with Gasteiger partial charge in [-0.3, -0.25) is 4.68 Å². The molecule has 1 aromatic heterocycles. The standard InChI is InChI=1S/C14H19FN4/c1-3-19-13(17-10-18-19)9-14(2,16)8-11-6-4-5-7-12(11)15/h4-7,10H,3,8-9,16H2,1-2H3. The van der Waals surface area contributed by atoms with Gasteiger partial charge in [0.25, 0.3) is 0 Å². The molecule has 1 unspecified atom stereocenters. The highest BCUT2D eigenvalue weighted by atomic mass is 19.1. The van der Waals surface area contributed by atoms with Crippen LogP contribution < -0.4 is 5.73 Å². The molecule has 5 heteroatoms. The Kier molecular flexibility index (Phi) is 3.95. The molecule has 1 heterocycles. The van der Waals surface area contributed by atoms with Crippen molar-refractivity contribution in [2.75, 3.05) is 0 Å². The average Bonchev–Trinajstić information content (AvgIpc) is 2.78.